The highest BCUT2D eigenvalue weighted by molar-refractivity contribution is 5.56. The molecule has 0 atom stereocenters. The highest BCUT2D eigenvalue weighted by Gasteiger charge is 2.02. The molecule has 78 valence electrons. The summed E-state index contributed by atoms with van der Waals surface area (Å²) in [5, 5.41) is 6.26. The van der Waals surface area contributed by atoms with E-state index in [1.54, 1.807) is 0 Å². The second-order valence-corrected chi connectivity index (χ2v) is 3.37. The Labute approximate surface area is 85.5 Å². The summed E-state index contributed by atoms with van der Waals surface area (Å²) in [5.41, 5.74) is 1.02. The summed E-state index contributed by atoms with van der Waals surface area (Å²) >= 11 is 0. The molecule has 1 rings (SSSR count). The highest BCUT2D eigenvalue weighted by atomic mass is 16.5. The lowest BCUT2D eigenvalue weighted by Gasteiger charge is -2.14. The topological polar surface area (TPSA) is 33.3 Å². The molecule has 0 unspecified atom stereocenters. The number of benzene rings is 1. The predicted octanol–water partition coefficient (Wildman–Crippen LogP) is 2.06. The summed E-state index contributed by atoms with van der Waals surface area (Å²) in [7, 11) is 1.90. The zero-order chi connectivity index (χ0) is 10.4. The van der Waals surface area contributed by atoms with Crippen LogP contribution in [0, 0.1) is 0 Å². The fraction of sp³-hybridized carbons (Fsp3) is 0.455. The van der Waals surface area contributed by atoms with Crippen molar-refractivity contribution in [2.75, 3.05) is 19.0 Å². The molecule has 0 radical (unpaired) electrons. The predicted molar refractivity (Wildman–Crippen MR) is 59.8 cm³/mol. The Hall–Kier alpha value is -1.22. The monoisotopic (exact) mass is 194 g/mol. The lowest BCUT2D eigenvalue weighted by Crippen LogP contribution is -2.17. The first-order valence-corrected chi connectivity index (χ1v) is 4.88. The van der Waals surface area contributed by atoms with Crippen molar-refractivity contribution >= 4 is 5.69 Å². The number of anilines is 1. The van der Waals surface area contributed by atoms with Crippen molar-refractivity contribution in [2.45, 2.75) is 20.0 Å². The molecule has 0 aliphatic rings. The van der Waals surface area contributed by atoms with Gasteiger partial charge in [0.2, 0.25) is 0 Å². The van der Waals surface area contributed by atoms with Crippen LogP contribution in [0.3, 0.4) is 0 Å². The van der Waals surface area contributed by atoms with Crippen LogP contribution in [0.25, 0.3) is 0 Å². The largest absolute Gasteiger partial charge is 0.489 e. The van der Waals surface area contributed by atoms with Crippen LogP contribution >= 0.6 is 0 Å². The first kappa shape index (κ1) is 10.9. The summed E-state index contributed by atoms with van der Waals surface area (Å²) in [5.74, 6) is 0.901. The number of para-hydroxylation sites is 2. The van der Waals surface area contributed by atoms with E-state index in [1.165, 1.54) is 0 Å². The molecule has 3 nitrogen and oxygen atoms in total. The van der Waals surface area contributed by atoms with E-state index in [9.17, 15) is 0 Å². The molecule has 2 N–H and O–H groups in total. The van der Waals surface area contributed by atoms with Gasteiger partial charge in [-0.1, -0.05) is 12.1 Å². The van der Waals surface area contributed by atoms with Gasteiger partial charge in [0, 0.05) is 0 Å². The van der Waals surface area contributed by atoms with Crippen molar-refractivity contribution in [1.82, 2.24) is 5.32 Å². The van der Waals surface area contributed by atoms with Gasteiger partial charge in [-0.25, -0.2) is 0 Å². The van der Waals surface area contributed by atoms with Crippen LogP contribution in [0.15, 0.2) is 24.3 Å². The van der Waals surface area contributed by atoms with Gasteiger partial charge in [-0.2, -0.15) is 0 Å². The molecule has 1 aromatic carbocycles. The third-order valence-electron chi connectivity index (χ3n) is 1.71. The molecule has 14 heavy (non-hydrogen) atoms. The van der Waals surface area contributed by atoms with E-state index in [-0.39, 0.29) is 6.10 Å². The molecule has 3 heteroatoms. The molecule has 1 aromatic rings. The van der Waals surface area contributed by atoms with Gasteiger partial charge in [-0.15, -0.1) is 0 Å². The molecule has 0 aliphatic heterocycles. The molecule has 0 fully saturated rings. The number of hydrogen-bond acceptors (Lipinski definition) is 3. The van der Waals surface area contributed by atoms with E-state index in [0.717, 1.165) is 18.1 Å². The molecular formula is C11H18N2O. The molecule has 0 aromatic heterocycles. The van der Waals surface area contributed by atoms with Gasteiger partial charge < -0.3 is 15.4 Å². The van der Waals surface area contributed by atoms with Gasteiger partial charge in [-0.05, 0) is 33.0 Å². The second kappa shape index (κ2) is 5.50. The molecular weight excluding hydrogens is 176 g/mol. The maximum atomic E-state index is 5.65. The Kier molecular flexibility index (Phi) is 4.26. The smallest absolute Gasteiger partial charge is 0.142 e. The lowest BCUT2D eigenvalue weighted by molar-refractivity contribution is 0.243. The minimum absolute atomic E-state index is 0.201. The van der Waals surface area contributed by atoms with Gasteiger partial charge >= 0.3 is 0 Å². The Morgan fingerprint density at radius 1 is 1.29 bits per heavy atom. The zero-order valence-electron chi connectivity index (χ0n) is 9.00. The molecule has 0 bridgehead atoms. The Balaban J connectivity index is 2.69. The fourth-order valence-electron chi connectivity index (χ4n) is 1.15. The minimum atomic E-state index is 0.201. The van der Waals surface area contributed by atoms with Crippen LogP contribution in [0.4, 0.5) is 5.69 Å². The van der Waals surface area contributed by atoms with E-state index in [2.05, 4.69) is 10.6 Å². The third kappa shape index (κ3) is 3.26. The average Bonchev–Trinajstić information content (AvgIpc) is 2.16. The molecule has 0 aliphatic carbocycles. The van der Waals surface area contributed by atoms with Crippen LogP contribution in [0.5, 0.6) is 5.75 Å². The van der Waals surface area contributed by atoms with Gasteiger partial charge in [-0.3, -0.25) is 0 Å². The fourth-order valence-corrected chi connectivity index (χ4v) is 1.15. The van der Waals surface area contributed by atoms with E-state index >= 15 is 0 Å². The maximum Gasteiger partial charge on any atom is 0.142 e. The van der Waals surface area contributed by atoms with Crippen molar-refractivity contribution < 1.29 is 4.74 Å². The summed E-state index contributed by atoms with van der Waals surface area (Å²) in [6.07, 6.45) is 0.201. The molecule has 0 spiro atoms. The lowest BCUT2D eigenvalue weighted by atomic mass is 10.3. The minimum Gasteiger partial charge on any atom is -0.489 e. The van der Waals surface area contributed by atoms with Crippen molar-refractivity contribution in [3.63, 3.8) is 0 Å². The number of hydrogen-bond donors (Lipinski definition) is 2. The summed E-state index contributed by atoms with van der Waals surface area (Å²) in [6.45, 7) is 4.78. The highest BCUT2D eigenvalue weighted by Crippen LogP contribution is 2.24. The van der Waals surface area contributed by atoms with Crippen LogP contribution in [0.1, 0.15) is 13.8 Å². The maximum absolute atomic E-state index is 5.65. The van der Waals surface area contributed by atoms with E-state index in [1.807, 2.05) is 45.2 Å². The molecule has 0 amide bonds. The van der Waals surface area contributed by atoms with Crippen molar-refractivity contribution in [3.8, 4) is 5.75 Å². The zero-order valence-corrected chi connectivity index (χ0v) is 9.00. The number of ether oxygens (including phenoxy) is 1. The van der Waals surface area contributed by atoms with Crippen LogP contribution in [-0.2, 0) is 0 Å². The summed E-state index contributed by atoms with van der Waals surface area (Å²) in [4.78, 5) is 0. The van der Waals surface area contributed by atoms with Gasteiger partial charge in [0.05, 0.1) is 18.5 Å². The van der Waals surface area contributed by atoms with Gasteiger partial charge in [0.15, 0.2) is 0 Å². The average molecular weight is 194 g/mol. The number of nitrogens with one attached hydrogen (secondary N) is 2. The normalized spacial score (nSPS) is 10.3. The van der Waals surface area contributed by atoms with Crippen molar-refractivity contribution in [2.24, 2.45) is 0 Å². The molecule has 0 heterocycles. The quantitative estimate of drug-likeness (QED) is 0.704. The van der Waals surface area contributed by atoms with Crippen molar-refractivity contribution in [1.29, 1.82) is 0 Å². The third-order valence-corrected chi connectivity index (χ3v) is 1.71. The molecule has 0 saturated carbocycles. The summed E-state index contributed by atoms with van der Waals surface area (Å²) in [6, 6.07) is 7.94. The second-order valence-electron chi connectivity index (χ2n) is 3.37. The van der Waals surface area contributed by atoms with E-state index in [0.29, 0.717) is 0 Å². The van der Waals surface area contributed by atoms with E-state index < -0.39 is 0 Å². The number of rotatable bonds is 5. The van der Waals surface area contributed by atoms with Crippen LogP contribution in [0.2, 0.25) is 0 Å². The van der Waals surface area contributed by atoms with E-state index in [4.69, 9.17) is 4.74 Å². The summed E-state index contributed by atoms with van der Waals surface area (Å²) < 4.78 is 5.65. The molecule has 0 saturated heterocycles. The standard InChI is InChI=1S/C11H18N2O/c1-9(2)14-11-7-5-4-6-10(11)13-8-12-3/h4-7,9,12-13H,8H2,1-3H3. The first-order valence-electron chi connectivity index (χ1n) is 4.88. The van der Waals surface area contributed by atoms with Crippen LogP contribution < -0.4 is 15.4 Å². The van der Waals surface area contributed by atoms with Gasteiger partial charge in [0.1, 0.15) is 5.75 Å². The van der Waals surface area contributed by atoms with Crippen LogP contribution in [-0.4, -0.2) is 19.8 Å². The Morgan fingerprint density at radius 3 is 2.64 bits per heavy atom. The Bertz CT molecular complexity index is 274. The Morgan fingerprint density at radius 2 is 2.00 bits per heavy atom. The first-order chi connectivity index (χ1) is 6.74. The van der Waals surface area contributed by atoms with Gasteiger partial charge in [0.25, 0.3) is 0 Å². The SMILES string of the molecule is CNCNc1ccccc1OC(C)C. The van der Waals surface area contributed by atoms with Crippen molar-refractivity contribution in [3.05, 3.63) is 24.3 Å².